The van der Waals surface area contributed by atoms with Crippen LogP contribution in [0.4, 0.5) is 5.69 Å². The molecule has 0 radical (unpaired) electrons. The molecule has 0 aliphatic rings. The molecule has 5 nitrogen and oxygen atoms in total. The van der Waals surface area contributed by atoms with Gasteiger partial charge in [0, 0.05) is 6.07 Å². The highest BCUT2D eigenvalue weighted by molar-refractivity contribution is 7.86. The number of nitrogen functional groups attached to an aromatic ring is 1. The first-order valence-electron chi connectivity index (χ1n) is 3.75. The molecule has 0 fully saturated rings. The van der Waals surface area contributed by atoms with Crippen LogP contribution < -0.4 is 14.7 Å². The van der Waals surface area contributed by atoms with E-state index >= 15 is 0 Å². The van der Waals surface area contributed by atoms with Gasteiger partial charge in [-0.15, -0.1) is 0 Å². The van der Waals surface area contributed by atoms with Crippen LogP contribution in [0.1, 0.15) is 0 Å². The molecule has 0 spiro atoms. The standard InChI is InChI=1S/C8H11NO4S/c1-12-8-5-6(3-4-7(8)9)13-14(2,10)11/h3-5H,9H2,1-2H3. The van der Waals surface area contributed by atoms with Crippen molar-refractivity contribution in [3.8, 4) is 11.5 Å². The first kappa shape index (κ1) is 10.6. The van der Waals surface area contributed by atoms with Gasteiger partial charge in [0.15, 0.2) is 0 Å². The summed E-state index contributed by atoms with van der Waals surface area (Å²) < 4.78 is 31.1. The molecule has 1 aromatic rings. The molecular formula is C8H11NO4S. The summed E-state index contributed by atoms with van der Waals surface area (Å²) >= 11 is 0. The molecule has 78 valence electrons. The van der Waals surface area contributed by atoms with Crippen molar-refractivity contribution in [2.45, 2.75) is 0 Å². The Morgan fingerprint density at radius 1 is 1.36 bits per heavy atom. The summed E-state index contributed by atoms with van der Waals surface area (Å²) in [6.45, 7) is 0. The summed E-state index contributed by atoms with van der Waals surface area (Å²) in [5, 5.41) is 0. The summed E-state index contributed by atoms with van der Waals surface area (Å²) in [5.41, 5.74) is 5.96. The van der Waals surface area contributed by atoms with Gasteiger partial charge < -0.3 is 14.7 Å². The van der Waals surface area contributed by atoms with Gasteiger partial charge in [-0.1, -0.05) is 0 Å². The number of ether oxygens (including phenoxy) is 1. The number of methoxy groups -OCH3 is 1. The number of nitrogens with two attached hydrogens (primary N) is 1. The average Bonchev–Trinajstić information content (AvgIpc) is 2.06. The molecule has 14 heavy (non-hydrogen) atoms. The lowest BCUT2D eigenvalue weighted by molar-refractivity contribution is 0.414. The summed E-state index contributed by atoms with van der Waals surface area (Å²) in [4.78, 5) is 0. The van der Waals surface area contributed by atoms with Gasteiger partial charge in [0.2, 0.25) is 0 Å². The monoisotopic (exact) mass is 217 g/mol. The van der Waals surface area contributed by atoms with Crippen molar-refractivity contribution in [1.29, 1.82) is 0 Å². The van der Waals surface area contributed by atoms with Crippen LogP contribution in [-0.4, -0.2) is 21.8 Å². The van der Waals surface area contributed by atoms with Crippen LogP contribution in [0.3, 0.4) is 0 Å². The zero-order chi connectivity index (χ0) is 10.8. The van der Waals surface area contributed by atoms with E-state index in [0.717, 1.165) is 6.26 Å². The highest BCUT2D eigenvalue weighted by Gasteiger charge is 2.07. The molecule has 1 aromatic carbocycles. The lowest BCUT2D eigenvalue weighted by Gasteiger charge is -2.07. The van der Waals surface area contributed by atoms with E-state index in [1.807, 2.05) is 0 Å². The number of benzene rings is 1. The van der Waals surface area contributed by atoms with E-state index in [4.69, 9.17) is 10.5 Å². The molecule has 0 atom stereocenters. The number of anilines is 1. The molecule has 0 amide bonds. The zero-order valence-corrected chi connectivity index (χ0v) is 8.67. The largest absolute Gasteiger partial charge is 0.494 e. The van der Waals surface area contributed by atoms with E-state index in [0.29, 0.717) is 11.4 Å². The zero-order valence-electron chi connectivity index (χ0n) is 7.85. The van der Waals surface area contributed by atoms with Gasteiger partial charge in [-0.05, 0) is 12.1 Å². The Morgan fingerprint density at radius 2 is 2.00 bits per heavy atom. The van der Waals surface area contributed by atoms with Crippen molar-refractivity contribution in [2.75, 3.05) is 19.1 Å². The second-order valence-electron chi connectivity index (χ2n) is 2.69. The first-order chi connectivity index (χ1) is 6.42. The summed E-state index contributed by atoms with van der Waals surface area (Å²) in [7, 11) is -2.07. The molecule has 0 heterocycles. The minimum atomic E-state index is -3.51. The van der Waals surface area contributed by atoms with E-state index in [2.05, 4.69) is 4.18 Å². The van der Waals surface area contributed by atoms with Crippen molar-refractivity contribution < 1.29 is 17.3 Å². The van der Waals surface area contributed by atoms with Crippen molar-refractivity contribution in [2.24, 2.45) is 0 Å². The van der Waals surface area contributed by atoms with E-state index < -0.39 is 10.1 Å². The van der Waals surface area contributed by atoms with Gasteiger partial charge in [0.25, 0.3) is 0 Å². The summed E-state index contributed by atoms with van der Waals surface area (Å²) in [6, 6.07) is 4.38. The second-order valence-corrected chi connectivity index (χ2v) is 4.27. The van der Waals surface area contributed by atoms with Crippen LogP contribution in [0.25, 0.3) is 0 Å². The van der Waals surface area contributed by atoms with E-state index in [-0.39, 0.29) is 5.75 Å². The Bertz CT molecular complexity index is 427. The van der Waals surface area contributed by atoms with Crippen LogP contribution in [-0.2, 0) is 10.1 Å². The van der Waals surface area contributed by atoms with Crippen LogP contribution >= 0.6 is 0 Å². The van der Waals surface area contributed by atoms with E-state index in [9.17, 15) is 8.42 Å². The molecule has 6 heteroatoms. The van der Waals surface area contributed by atoms with Crippen molar-refractivity contribution in [1.82, 2.24) is 0 Å². The molecule has 0 bridgehead atoms. The van der Waals surface area contributed by atoms with Crippen molar-refractivity contribution >= 4 is 15.8 Å². The molecule has 0 aliphatic carbocycles. The van der Waals surface area contributed by atoms with Gasteiger partial charge >= 0.3 is 10.1 Å². The summed E-state index contributed by atoms with van der Waals surface area (Å²) in [5.74, 6) is 0.560. The van der Waals surface area contributed by atoms with Crippen LogP contribution in [0, 0.1) is 0 Å². The van der Waals surface area contributed by atoms with Gasteiger partial charge in [0.1, 0.15) is 11.5 Å². The fraction of sp³-hybridized carbons (Fsp3) is 0.250. The van der Waals surface area contributed by atoms with Gasteiger partial charge in [-0.2, -0.15) is 8.42 Å². The minimum absolute atomic E-state index is 0.179. The maximum absolute atomic E-state index is 10.8. The number of hydrogen-bond donors (Lipinski definition) is 1. The third kappa shape index (κ3) is 2.81. The Hall–Kier alpha value is -1.43. The third-order valence-corrected chi connectivity index (χ3v) is 1.95. The highest BCUT2D eigenvalue weighted by atomic mass is 32.2. The Labute approximate surface area is 82.6 Å². The normalized spacial score (nSPS) is 11.0. The second kappa shape index (κ2) is 3.75. The molecule has 2 N–H and O–H groups in total. The highest BCUT2D eigenvalue weighted by Crippen LogP contribution is 2.26. The molecular weight excluding hydrogens is 206 g/mol. The van der Waals surface area contributed by atoms with Crippen LogP contribution in [0.2, 0.25) is 0 Å². The van der Waals surface area contributed by atoms with Crippen LogP contribution in [0.5, 0.6) is 11.5 Å². The lowest BCUT2D eigenvalue weighted by Crippen LogP contribution is -2.06. The van der Waals surface area contributed by atoms with Gasteiger partial charge in [-0.25, -0.2) is 0 Å². The van der Waals surface area contributed by atoms with E-state index in [1.54, 1.807) is 0 Å². The maximum atomic E-state index is 10.8. The molecule has 0 unspecified atom stereocenters. The Balaban J connectivity index is 3.01. The lowest BCUT2D eigenvalue weighted by atomic mass is 10.3. The van der Waals surface area contributed by atoms with Crippen molar-refractivity contribution in [3.63, 3.8) is 0 Å². The predicted octanol–water partition coefficient (Wildman–Crippen LogP) is 0.616. The van der Waals surface area contributed by atoms with Gasteiger partial charge in [0.05, 0.1) is 19.1 Å². The summed E-state index contributed by atoms with van der Waals surface area (Å²) in [6.07, 6.45) is 0.968. The SMILES string of the molecule is COc1cc(OS(C)(=O)=O)ccc1N. The number of rotatable bonds is 3. The molecule has 0 aromatic heterocycles. The quantitative estimate of drug-likeness (QED) is 0.593. The van der Waals surface area contributed by atoms with Crippen LogP contribution in [0.15, 0.2) is 18.2 Å². The van der Waals surface area contributed by atoms with Gasteiger partial charge in [-0.3, -0.25) is 0 Å². The Kier molecular flexibility index (Phi) is 2.85. The Morgan fingerprint density at radius 3 is 2.50 bits per heavy atom. The maximum Gasteiger partial charge on any atom is 0.306 e. The average molecular weight is 217 g/mol. The molecule has 0 aliphatic heterocycles. The molecule has 1 rings (SSSR count). The van der Waals surface area contributed by atoms with E-state index in [1.165, 1.54) is 25.3 Å². The fourth-order valence-electron chi connectivity index (χ4n) is 0.918. The predicted molar refractivity (Wildman–Crippen MR) is 52.9 cm³/mol. The fourth-order valence-corrected chi connectivity index (χ4v) is 1.37. The smallest absolute Gasteiger partial charge is 0.306 e. The minimum Gasteiger partial charge on any atom is -0.494 e. The topological polar surface area (TPSA) is 78.6 Å². The third-order valence-electron chi connectivity index (χ3n) is 1.45. The van der Waals surface area contributed by atoms with Crippen molar-refractivity contribution in [3.05, 3.63) is 18.2 Å². The molecule has 0 saturated carbocycles. The number of hydrogen-bond acceptors (Lipinski definition) is 5. The molecule has 0 saturated heterocycles. The first-order valence-corrected chi connectivity index (χ1v) is 5.57.